The van der Waals surface area contributed by atoms with Crippen molar-refractivity contribution in [3.8, 4) is 0 Å². The van der Waals surface area contributed by atoms with E-state index < -0.39 is 0 Å². The number of azo groups is 1. The number of nitrogens with zero attached hydrogens (tertiary/aromatic N) is 6. The van der Waals surface area contributed by atoms with Crippen molar-refractivity contribution >= 4 is 27.3 Å². The SMILES string of the molecule is CCCCCn1cc(N=Nc2cnn(CCBr)c2)cn1. The maximum Gasteiger partial charge on any atom is 0.124 e. The number of aryl methyl sites for hydroxylation is 2. The highest BCUT2D eigenvalue weighted by atomic mass is 79.9. The lowest BCUT2D eigenvalue weighted by atomic mass is 10.2. The summed E-state index contributed by atoms with van der Waals surface area (Å²) in [5.41, 5.74) is 1.53. The van der Waals surface area contributed by atoms with E-state index >= 15 is 0 Å². The molecule has 7 heteroatoms. The zero-order valence-corrected chi connectivity index (χ0v) is 13.2. The van der Waals surface area contributed by atoms with Gasteiger partial charge in [0, 0.05) is 11.9 Å². The average Bonchev–Trinajstić information content (AvgIpc) is 3.07. The van der Waals surface area contributed by atoms with Crippen LogP contribution < -0.4 is 0 Å². The number of hydrogen-bond acceptors (Lipinski definition) is 4. The van der Waals surface area contributed by atoms with Crippen molar-refractivity contribution in [3.05, 3.63) is 24.8 Å². The molecule has 0 fully saturated rings. The minimum Gasteiger partial charge on any atom is -0.270 e. The summed E-state index contributed by atoms with van der Waals surface area (Å²) >= 11 is 3.37. The molecule has 0 radical (unpaired) electrons. The molecular formula is C13H19BrN6. The largest absolute Gasteiger partial charge is 0.270 e. The molecule has 0 atom stereocenters. The molecule has 0 aliphatic rings. The Kier molecular flexibility index (Phi) is 5.91. The molecule has 2 aromatic rings. The van der Waals surface area contributed by atoms with Crippen molar-refractivity contribution in [2.24, 2.45) is 10.2 Å². The van der Waals surface area contributed by atoms with Gasteiger partial charge in [0.2, 0.25) is 0 Å². The van der Waals surface area contributed by atoms with Crippen LogP contribution in [0.4, 0.5) is 11.4 Å². The first-order valence-electron chi connectivity index (χ1n) is 6.84. The van der Waals surface area contributed by atoms with Gasteiger partial charge >= 0.3 is 0 Å². The van der Waals surface area contributed by atoms with E-state index in [-0.39, 0.29) is 0 Å². The fourth-order valence-electron chi connectivity index (χ4n) is 1.78. The number of halogens is 1. The van der Waals surface area contributed by atoms with E-state index in [1.165, 1.54) is 12.8 Å². The Morgan fingerprint density at radius 1 is 1.00 bits per heavy atom. The molecule has 6 nitrogen and oxygen atoms in total. The van der Waals surface area contributed by atoms with Crippen LogP contribution in [0, 0.1) is 0 Å². The first kappa shape index (κ1) is 14.9. The number of alkyl halides is 1. The van der Waals surface area contributed by atoms with E-state index in [1.54, 1.807) is 12.4 Å². The van der Waals surface area contributed by atoms with Crippen LogP contribution in [0.25, 0.3) is 0 Å². The highest BCUT2D eigenvalue weighted by molar-refractivity contribution is 9.09. The van der Waals surface area contributed by atoms with E-state index in [2.05, 4.69) is 43.3 Å². The van der Waals surface area contributed by atoms with Crippen molar-refractivity contribution in [1.82, 2.24) is 19.6 Å². The number of hydrogen-bond donors (Lipinski definition) is 0. The fraction of sp³-hybridized carbons (Fsp3) is 0.538. The fourth-order valence-corrected chi connectivity index (χ4v) is 2.14. The Labute approximate surface area is 127 Å². The summed E-state index contributed by atoms with van der Waals surface area (Å²) in [7, 11) is 0. The Hall–Kier alpha value is -1.50. The normalized spacial score (nSPS) is 11.5. The van der Waals surface area contributed by atoms with Crippen LogP contribution in [-0.4, -0.2) is 24.9 Å². The van der Waals surface area contributed by atoms with Gasteiger partial charge in [-0.15, -0.1) is 10.2 Å². The lowest BCUT2D eigenvalue weighted by Crippen LogP contribution is -1.97. The van der Waals surface area contributed by atoms with E-state index in [0.717, 1.165) is 36.2 Å². The van der Waals surface area contributed by atoms with Crippen molar-refractivity contribution in [3.63, 3.8) is 0 Å². The zero-order valence-electron chi connectivity index (χ0n) is 11.6. The smallest absolute Gasteiger partial charge is 0.124 e. The van der Waals surface area contributed by atoms with Crippen LogP contribution in [0.5, 0.6) is 0 Å². The van der Waals surface area contributed by atoms with Crippen LogP contribution >= 0.6 is 15.9 Å². The van der Waals surface area contributed by atoms with Gasteiger partial charge in [0.25, 0.3) is 0 Å². The molecule has 2 rings (SSSR count). The second kappa shape index (κ2) is 7.94. The maximum atomic E-state index is 4.27. The van der Waals surface area contributed by atoms with Gasteiger partial charge in [0.05, 0.1) is 31.3 Å². The Morgan fingerprint density at radius 3 is 2.15 bits per heavy atom. The Bertz CT molecular complexity index is 545. The van der Waals surface area contributed by atoms with Crippen LogP contribution in [-0.2, 0) is 13.1 Å². The number of rotatable bonds is 8. The molecule has 2 heterocycles. The topological polar surface area (TPSA) is 60.4 Å². The molecular weight excluding hydrogens is 320 g/mol. The summed E-state index contributed by atoms with van der Waals surface area (Å²) in [6.07, 6.45) is 10.8. The summed E-state index contributed by atoms with van der Waals surface area (Å²) in [6, 6.07) is 0. The van der Waals surface area contributed by atoms with Crippen LogP contribution in [0.1, 0.15) is 26.2 Å². The first-order chi connectivity index (χ1) is 9.81. The van der Waals surface area contributed by atoms with Crippen molar-refractivity contribution in [2.75, 3.05) is 5.33 Å². The molecule has 0 saturated heterocycles. The van der Waals surface area contributed by atoms with E-state index in [9.17, 15) is 0 Å². The molecule has 0 unspecified atom stereocenters. The molecule has 0 saturated carbocycles. The molecule has 20 heavy (non-hydrogen) atoms. The predicted molar refractivity (Wildman–Crippen MR) is 81.9 cm³/mol. The number of aromatic nitrogens is 4. The monoisotopic (exact) mass is 338 g/mol. The highest BCUT2D eigenvalue weighted by Crippen LogP contribution is 2.17. The third kappa shape index (κ3) is 4.56. The van der Waals surface area contributed by atoms with Gasteiger partial charge < -0.3 is 0 Å². The molecule has 0 aliphatic heterocycles. The molecule has 2 aromatic heterocycles. The van der Waals surface area contributed by atoms with Crippen LogP contribution in [0.3, 0.4) is 0 Å². The third-order valence-corrected chi connectivity index (χ3v) is 3.18. The quantitative estimate of drug-likeness (QED) is 0.413. The van der Waals surface area contributed by atoms with E-state index in [4.69, 9.17) is 0 Å². The predicted octanol–water partition coefficient (Wildman–Crippen LogP) is 4.08. The molecule has 0 aliphatic carbocycles. The van der Waals surface area contributed by atoms with Crippen molar-refractivity contribution < 1.29 is 0 Å². The molecule has 0 aromatic carbocycles. The van der Waals surface area contributed by atoms with Crippen LogP contribution in [0.15, 0.2) is 35.0 Å². The first-order valence-corrected chi connectivity index (χ1v) is 7.96. The molecule has 0 spiro atoms. The Morgan fingerprint density at radius 2 is 1.60 bits per heavy atom. The average molecular weight is 339 g/mol. The molecule has 0 amide bonds. The van der Waals surface area contributed by atoms with Gasteiger partial charge in [-0.1, -0.05) is 35.7 Å². The minimum absolute atomic E-state index is 0.754. The second-order valence-corrected chi connectivity index (χ2v) is 5.31. The van der Waals surface area contributed by atoms with Gasteiger partial charge in [0.15, 0.2) is 0 Å². The maximum absolute atomic E-state index is 4.27. The van der Waals surface area contributed by atoms with Crippen LogP contribution in [0.2, 0.25) is 0 Å². The molecule has 0 bridgehead atoms. The summed E-state index contributed by atoms with van der Waals surface area (Å²) in [5.74, 6) is 0. The number of unbranched alkanes of at least 4 members (excludes halogenated alkanes) is 2. The van der Waals surface area contributed by atoms with Gasteiger partial charge in [-0.05, 0) is 6.42 Å². The third-order valence-electron chi connectivity index (χ3n) is 2.82. The standard InChI is InChI=1S/C13H19BrN6/c1-2-3-4-6-19-10-12(8-15-19)17-18-13-9-16-20(11-13)7-5-14/h8-11H,2-7H2,1H3. The molecule has 108 valence electrons. The van der Waals surface area contributed by atoms with Gasteiger partial charge in [-0.2, -0.15) is 10.2 Å². The van der Waals surface area contributed by atoms with Gasteiger partial charge in [0.1, 0.15) is 11.4 Å². The highest BCUT2D eigenvalue weighted by Gasteiger charge is 1.99. The van der Waals surface area contributed by atoms with Crippen molar-refractivity contribution in [1.29, 1.82) is 0 Å². The zero-order chi connectivity index (χ0) is 14.2. The van der Waals surface area contributed by atoms with Crippen molar-refractivity contribution in [2.45, 2.75) is 39.3 Å². The lowest BCUT2D eigenvalue weighted by molar-refractivity contribution is 0.553. The minimum atomic E-state index is 0.754. The molecule has 0 N–H and O–H groups in total. The van der Waals surface area contributed by atoms with E-state index in [0.29, 0.717) is 0 Å². The summed E-state index contributed by atoms with van der Waals surface area (Å²) < 4.78 is 3.75. The summed E-state index contributed by atoms with van der Waals surface area (Å²) in [6.45, 7) is 3.95. The van der Waals surface area contributed by atoms with Gasteiger partial charge in [-0.25, -0.2) is 0 Å². The summed E-state index contributed by atoms with van der Waals surface area (Å²) in [4.78, 5) is 0. The van der Waals surface area contributed by atoms with E-state index in [1.807, 2.05) is 21.8 Å². The Balaban J connectivity index is 1.89. The lowest BCUT2D eigenvalue weighted by Gasteiger charge is -1.98. The summed E-state index contributed by atoms with van der Waals surface area (Å²) in [5, 5.41) is 17.7. The van der Waals surface area contributed by atoms with Gasteiger partial charge in [-0.3, -0.25) is 9.36 Å². The second-order valence-electron chi connectivity index (χ2n) is 4.52.